The van der Waals surface area contributed by atoms with Crippen LogP contribution in [0.5, 0.6) is 0 Å². The van der Waals surface area contributed by atoms with E-state index in [4.69, 9.17) is 21.4 Å². The van der Waals surface area contributed by atoms with E-state index in [1.54, 1.807) is 39.0 Å². The molecule has 1 aromatic rings. The number of anilines is 1. The van der Waals surface area contributed by atoms with Gasteiger partial charge in [0.2, 0.25) is 11.8 Å². The molecule has 4 aliphatic heterocycles. The van der Waals surface area contributed by atoms with E-state index < -0.39 is 29.6 Å². The summed E-state index contributed by atoms with van der Waals surface area (Å²) in [4.78, 5) is 47.4. The first-order chi connectivity index (χ1) is 18.4. The maximum atomic E-state index is 14.3. The number of likely N-dealkylation sites (tertiary alicyclic amines) is 1. The van der Waals surface area contributed by atoms with Gasteiger partial charge in [-0.3, -0.25) is 14.4 Å². The molecule has 5 atom stereocenters. The second-order valence-electron chi connectivity index (χ2n) is 10.6. The molecule has 8 nitrogen and oxygen atoms in total. The molecule has 9 heteroatoms. The minimum Gasteiger partial charge on any atom is -0.396 e. The molecule has 2 fully saturated rings. The van der Waals surface area contributed by atoms with Crippen LogP contribution in [0, 0.1) is 11.8 Å². The molecule has 1 aromatic carbocycles. The zero-order valence-electron chi connectivity index (χ0n) is 21.8. The molecule has 1 spiro atoms. The van der Waals surface area contributed by atoms with Gasteiger partial charge in [-0.15, -0.1) is 0 Å². The summed E-state index contributed by atoms with van der Waals surface area (Å²) in [5.41, 5.74) is -0.525. The standard InChI is InChI=1S/C29H36ClN3O5/c1-2-15-31-16-7-9-22-23(26(31)35)24-27(36)33(17-5-3-4-6-19-34)25-28(37)32(18-8-14-29(24,25)38-22)21-12-10-20(30)11-13-21/h7-14,22-25,34H,2-6,15-19H2,1H3/t22-,23+,24-,25?,29-/m0/s1. The van der Waals surface area contributed by atoms with Crippen molar-refractivity contribution in [2.24, 2.45) is 11.8 Å². The number of carbonyl (C=O) groups is 3. The molecule has 1 N–H and O–H groups in total. The zero-order chi connectivity index (χ0) is 26.9. The molecule has 204 valence electrons. The van der Waals surface area contributed by atoms with E-state index in [-0.39, 0.29) is 24.3 Å². The highest BCUT2D eigenvalue weighted by Gasteiger charge is 2.71. The fourth-order valence-corrected chi connectivity index (χ4v) is 6.63. The van der Waals surface area contributed by atoms with Crippen LogP contribution < -0.4 is 4.90 Å². The Morgan fingerprint density at radius 3 is 2.47 bits per heavy atom. The maximum Gasteiger partial charge on any atom is 0.253 e. The number of nitrogens with zero attached hydrogens (tertiary/aromatic N) is 3. The topological polar surface area (TPSA) is 90.4 Å². The first kappa shape index (κ1) is 26.9. The Morgan fingerprint density at radius 2 is 1.74 bits per heavy atom. The molecular formula is C29H36ClN3O5. The number of carbonyl (C=O) groups excluding carboxylic acids is 3. The number of fused-ring (bicyclic) bond motifs is 2. The van der Waals surface area contributed by atoms with Gasteiger partial charge < -0.3 is 24.5 Å². The lowest BCUT2D eigenvalue weighted by molar-refractivity contribution is -0.144. The van der Waals surface area contributed by atoms with Gasteiger partial charge in [0.25, 0.3) is 5.91 Å². The molecule has 1 unspecified atom stereocenters. The van der Waals surface area contributed by atoms with Gasteiger partial charge >= 0.3 is 0 Å². The van der Waals surface area contributed by atoms with E-state index in [1.807, 2.05) is 31.2 Å². The monoisotopic (exact) mass is 541 g/mol. The number of benzene rings is 1. The Labute approximate surface area is 228 Å². The molecule has 0 saturated carbocycles. The first-order valence-corrected chi connectivity index (χ1v) is 14.1. The van der Waals surface area contributed by atoms with Crippen LogP contribution in [0.2, 0.25) is 5.02 Å². The highest BCUT2D eigenvalue weighted by Crippen LogP contribution is 2.53. The summed E-state index contributed by atoms with van der Waals surface area (Å²) >= 11 is 6.10. The third-order valence-corrected chi connectivity index (χ3v) is 8.43. The van der Waals surface area contributed by atoms with Crippen molar-refractivity contribution in [3.63, 3.8) is 0 Å². The number of ether oxygens (including phenoxy) is 1. The van der Waals surface area contributed by atoms with Crippen LogP contribution in [0.15, 0.2) is 48.6 Å². The second-order valence-corrected chi connectivity index (χ2v) is 11.0. The van der Waals surface area contributed by atoms with Gasteiger partial charge in [0.1, 0.15) is 11.6 Å². The molecule has 2 saturated heterocycles. The Balaban J connectivity index is 1.53. The Kier molecular flexibility index (Phi) is 7.93. The summed E-state index contributed by atoms with van der Waals surface area (Å²) in [5, 5.41) is 9.70. The summed E-state index contributed by atoms with van der Waals surface area (Å²) in [6.45, 7) is 3.99. The largest absolute Gasteiger partial charge is 0.396 e. The molecule has 3 amide bonds. The minimum atomic E-state index is -1.22. The SMILES string of the molecule is CCCN1CC=C[C@@H]2O[C@]34C=CCN(c5ccc(Cl)cc5)C(=O)C3N(CCCCCCO)C(=O)[C@@H]4[C@@H]2C1=O. The van der Waals surface area contributed by atoms with Crippen LogP contribution in [0.25, 0.3) is 0 Å². The van der Waals surface area contributed by atoms with E-state index >= 15 is 0 Å². The van der Waals surface area contributed by atoms with Gasteiger partial charge in [0.05, 0.1) is 17.9 Å². The van der Waals surface area contributed by atoms with Crippen molar-refractivity contribution < 1.29 is 24.2 Å². The predicted octanol–water partition coefficient (Wildman–Crippen LogP) is 3.18. The van der Waals surface area contributed by atoms with Crippen LogP contribution in [-0.4, -0.2) is 83.2 Å². The molecule has 38 heavy (non-hydrogen) atoms. The number of unbranched alkanes of at least 4 members (excludes halogenated alkanes) is 3. The van der Waals surface area contributed by atoms with Crippen molar-refractivity contribution in [1.82, 2.24) is 9.80 Å². The lowest BCUT2D eigenvalue weighted by Crippen LogP contribution is -2.55. The van der Waals surface area contributed by atoms with Crippen LogP contribution in [0.1, 0.15) is 39.0 Å². The number of aliphatic hydroxyl groups is 1. The smallest absolute Gasteiger partial charge is 0.253 e. The molecule has 0 bridgehead atoms. The van der Waals surface area contributed by atoms with Gasteiger partial charge in [0.15, 0.2) is 0 Å². The Hall–Kier alpha value is -2.68. The number of hydrogen-bond donors (Lipinski definition) is 1. The zero-order valence-corrected chi connectivity index (χ0v) is 22.6. The lowest BCUT2D eigenvalue weighted by Gasteiger charge is -2.35. The molecule has 0 aliphatic carbocycles. The van der Waals surface area contributed by atoms with Crippen LogP contribution in [0.4, 0.5) is 5.69 Å². The number of rotatable bonds is 9. The quantitative estimate of drug-likeness (QED) is 0.383. The molecule has 4 heterocycles. The van der Waals surface area contributed by atoms with Crippen molar-refractivity contribution in [2.75, 3.05) is 37.7 Å². The number of halogens is 1. The van der Waals surface area contributed by atoms with Crippen molar-refractivity contribution in [1.29, 1.82) is 0 Å². The Bertz CT molecular complexity index is 1120. The minimum absolute atomic E-state index is 0.0831. The summed E-state index contributed by atoms with van der Waals surface area (Å²) < 4.78 is 6.67. The highest BCUT2D eigenvalue weighted by molar-refractivity contribution is 6.30. The third kappa shape index (κ3) is 4.56. The van der Waals surface area contributed by atoms with E-state index in [0.29, 0.717) is 49.7 Å². The number of hydrogen-bond acceptors (Lipinski definition) is 5. The maximum absolute atomic E-state index is 14.3. The van der Waals surface area contributed by atoms with Crippen LogP contribution in [0.3, 0.4) is 0 Å². The fourth-order valence-electron chi connectivity index (χ4n) is 6.50. The fraction of sp³-hybridized carbons (Fsp3) is 0.552. The van der Waals surface area contributed by atoms with Crippen molar-refractivity contribution in [3.8, 4) is 0 Å². The third-order valence-electron chi connectivity index (χ3n) is 8.18. The highest BCUT2D eigenvalue weighted by atomic mass is 35.5. The number of amides is 3. The van der Waals surface area contributed by atoms with Crippen molar-refractivity contribution in [2.45, 2.75) is 56.8 Å². The average Bonchev–Trinajstić information content (AvgIpc) is 3.22. The lowest BCUT2D eigenvalue weighted by atomic mass is 9.77. The van der Waals surface area contributed by atoms with E-state index in [9.17, 15) is 14.4 Å². The molecule has 0 aromatic heterocycles. The van der Waals surface area contributed by atoms with Crippen LogP contribution >= 0.6 is 11.6 Å². The summed E-state index contributed by atoms with van der Waals surface area (Å²) in [5.74, 6) is -1.94. The van der Waals surface area contributed by atoms with E-state index in [1.165, 1.54) is 0 Å². The van der Waals surface area contributed by atoms with Crippen molar-refractivity contribution in [3.05, 3.63) is 53.6 Å². The van der Waals surface area contributed by atoms with Gasteiger partial charge in [0, 0.05) is 43.5 Å². The summed E-state index contributed by atoms with van der Waals surface area (Å²) in [7, 11) is 0. The first-order valence-electron chi connectivity index (χ1n) is 13.7. The predicted molar refractivity (Wildman–Crippen MR) is 145 cm³/mol. The molecule has 0 radical (unpaired) electrons. The molecule has 5 rings (SSSR count). The molecular weight excluding hydrogens is 506 g/mol. The molecule has 4 aliphatic rings. The summed E-state index contributed by atoms with van der Waals surface area (Å²) in [6.07, 6.45) is 10.9. The van der Waals surface area contributed by atoms with Gasteiger partial charge in [-0.25, -0.2) is 0 Å². The van der Waals surface area contributed by atoms with Gasteiger partial charge in [-0.2, -0.15) is 0 Å². The van der Waals surface area contributed by atoms with E-state index in [2.05, 4.69) is 0 Å². The van der Waals surface area contributed by atoms with E-state index in [0.717, 1.165) is 19.3 Å². The number of aliphatic hydroxyl groups excluding tert-OH is 1. The second kappa shape index (κ2) is 11.2. The van der Waals surface area contributed by atoms with Gasteiger partial charge in [-0.05, 0) is 43.5 Å². The Morgan fingerprint density at radius 1 is 0.974 bits per heavy atom. The average molecular weight is 542 g/mol. The summed E-state index contributed by atoms with van der Waals surface area (Å²) in [6, 6.07) is 6.21. The van der Waals surface area contributed by atoms with Gasteiger partial charge in [-0.1, -0.05) is 55.7 Å². The van der Waals surface area contributed by atoms with Crippen molar-refractivity contribution >= 4 is 35.0 Å². The normalized spacial score (nSPS) is 30.4. The van der Waals surface area contributed by atoms with Crippen LogP contribution in [-0.2, 0) is 19.1 Å².